The number of methoxy groups -OCH3 is 1. The minimum atomic E-state index is -0.0843. The molecule has 1 amide bonds. The molecule has 1 aromatic heterocycles. The van der Waals surface area contributed by atoms with Crippen LogP contribution in [-0.4, -0.2) is 61.6 Å². The average Bonchev–Trinajstić information content (AvgIpc) is 2.99. The summed E-state index contributed by atoms with van der Waals surface area (Å²) in [7, 11) is 5.39. The number of carbonyl (C=O) groups is 1. The van der Waals surface area contributed by atoms with E-state index in [9.17, 15) is 4.79 Å². The molecule has 4 rings (SSSR count). The number of nitrogens with one attached hydrogen (secondary N) is 1. The molecule has 0 radical (unpaired) electrons. The summed E-state index contributed by atoms with van der Waals surface area (Å²) in [5.74, 6) is 1.32. The van der Waals surface area contributed by atoms with E-state index >= 15 is 0 Å². The molecule has 0 bridgehead atoms. The molecule has 1 aliphatic rings. The number of benzene rings is 2. The number of hydrogen-bond acceptors (Lipinski definition) is 7. The van der Waals surface area contributed by atoms with Crippen molar-refractivity contribution in [1.29, 1.82) is 0 Å². The van der Waals surface area contributed by atoms with Crippen molar-refractivity contribution in [2.75, 3.05) is 45.7 Å². The molecular weight excluding hydrogens is 442 g/mol. The van der Waals surface area contributed by atoms with Crippen molar-refractivity contribution in [3.8, 4) is 11.8 Å². The van der Waals surface area contributed by atoms with E-state index in [0.29, 0.717) is 31.0 Å². The normalized spacial score (nSPS) is 14.3. The molecule has 184 valence electrons. The van der Waals surface area contributed by atoms with Gasteiger partial charge in [0.25, 0.3) is 5.91 Å². The Labute approximate surface area is 206 Å². The summed E-state index contributed by atoms with van der Waals surface area (Å²) >= 11 is 0. The second-order valence-electron chi connectivity index (χ2n) is 8.80. The van der Waals surface area contributed by atoms with Gasteiger partial charge < -0.3 is 24.6 Å². The molecule has 1 aliphatic heterocycles. The molecule has 2 heterocycles. The molecule has 8 heteroatoms. The van der Waals surface area contributed by atoms with Gasteiger partial charge >= 0.3 is 6.01 Å². The van der Waals surface area contributed by atoms with Crippen molar-refractivity contribution in [1.82, 2.24) is 20.2 Å². The van der Waals surface area contributed by atoms with E-state index in [-0.39, 0.29) is 18.0 Å². The van der Waals surface area contributed by atoms with Crippen molar-refractivity contribution < 1.29 is 14.3 Å². The number of nitrogens with zero attached hydrogens (tertiary/aromatic N) is 4. The number of likely N-dealkylation sites (N-methyl/N-ethyl adjacent to an activating group) is 1. The Morgan fingerprint density at radius 1 is 1.14 bits per heavy atom. The highest BCUT2D eigenvalue weighted by molar-refractivity contribution is 5.99. The van der Waals surface area contributed by atoms with Gasteiger partial charge in [-0.05, 0) is 43.8 Å². The minimum absolute atomic E-state index is 0.0376. The van der Waals surface area contributed by atoms with Gasteiger partial charge in [-0.15, -0.1) is 0 Å². The Morgan fingerprint density at radius 3 is 2.66 bits per heavy atom. The summed E-state index contributed by atoms with van der Waals surface area (Å²) in [6.45, 7) is 4.71. The zero-order valence-corrected chi connectivity index (χ0v) is 20.8. The van der Waals surface area contributed by atoms with Gasteiger partial charge in [-0.1, -0.05) is 42.0 Å². The molecule has 1 N–H and O–H groups in total. The Kier molecular flexibility index (Phi) is 7.82. The number of rotatable bonds is 9. The number of aryl methyl sites for hydroxylation is 1. The molecule has 0 fully saturated rings. The summed E-state index contributed by atoms with van der Waals surface area (Å²) in [4.78, 5) is 25.5. The van der Waals surface area contributed by atoms with Crippen molar-refractivity contribution in [2.24, 2.45) is 0 Å². The van der Waals surface area contributed by atoms with Gasteiger partial charge in [-0.3, -0.25) is 4.79 Å². The van der Waals surface area contributed by atoms with Crippen molar-refractivity contribution in [3.05, 3.63) is 77.0 Å². The van der Waals surface area contributed by atoms with Gasteiger partial charge in [-0.25, -0.2) is 4.98 Å². The maximum Gasteiger partial charge on any atom is 0.318 e. The lowest BCUT2D eigenvalue weighted by molar-refractivity contribution is 0.0754. The van der Waals surface area contributed by atoms with Crippen LogP contribution in [0.15, 0.2) is 54.7 Å². The van der Waals surface area contributed by atoms with Crippen LogP contribution in [0.5, 0.6) is 11.8 Å². The Balaban J connectivity index is 1.47. The van der Waals surface area contributed by atoms with Gasteiger partial charge in [0, 0.05) is 39.3 Å². The summed E-state index contributed by atoms with van der Waals surface area (Å²) in [6.07, 6.45) is 2.37. The van der Waals surface area contributed by atoms with Gasteiger partial charge in [0.15, 0.2) is 0 Å². The molecule has 0 saturated heterocycles. The number of carbonyl (C=O) groups excluding carboxylic acids is 1. The predicted molar refractivity (Wildman–Crippen MR) is 136 cm³/mol. The van der Waals surface area contributed by atoms with Gasteiger partial charge in [0.05, 0.1) is 7.11 Å². The number of anilines is 1. The van der Waals surface area contributed by atoms with E-state index < -0.39 is 0 Å². The number of hydrogen-bond donors (Lipinski definition) is 1. The molecule has 1 atom stereocenters. The number of aromatic nitrogens is 2. The number of ether oxygens (including phenoxy) is 2. The molecule has 2 aromatic carbocycles. The summed E-state index contributed by atoms with van der Waals surface area (Å²) in [6, 6.07) is 16.7. The van der Waals surface area contributed by atoms with Crippen molar-refractivity contribution in [2.45, 2.75) is 26.0 Å². The van der Waals surface area contributed by atoms with Crippen LogP contribution in [0.1, 0.15) is 39.6 Å². The van der Waals surface area contributed by atoms with Gasteiger partial charge in [0.2, 0.25) is 0 Å². The summed E-state index contributed by atoms with van der Waals surface area (Å²) in [5.41, 5.74) is 3.90. The fourth-order valence-corrected chi connectivity index (χ4v) is 4.19. The molecule has 0 aliphatic carbocycles. The lowest BCUT2D eigenvalue weighted by Crippen LogP contribution is -2.33. The first-order chi connectivity index (χ1) is 17.0. The Bertz CT molecular complexity index is 1150. The number of amides is 1. The van der Waals surface area contributed by atoms with E-state index in [1.165, 1.54) is 18.2 Å². The molecule has 35 heavy (non-hydrogen) atoms. The molecular formula is C27H33N5O3. The van der Waals surface area contributed by atoms with Crippen LogP contribution in [0.2, 0.25) is 0 Å². The smallest absolute Gasteiger partial charge is 0.318 e. The fraction of sp³-hybridized carbons (Fsp3) is 0.370. The van der Waals surface area contributed by atoms with Crippen LogP contribution >= 0.6 is 0 Å². The fourth-order valence-electron chi connectivity index (χ4n) is 4.19. The minimum Gasteiger partial charge on any atom is -0.486 e. The monoisotopic (exact) mass is 475 g/mol. The van der Waals surface area contributed by atoms with Crippen molar-refractivity contribution >= 4 is 11.7 Å². The highest BCUT2D eigenvalue weighted by Gasteiger charge is 2.27. The van der Waals surface area contributed by atoms with Crippen LogP contribution in [0.25, 0.3) is 0 Å². The predicted octanol–water partition coefficient (Wildman–Crippen LogP) is 3.62. The summed E-state index contributed by atoms with van der Waals surface area (Å²) < 4.78 is 11.5. The van der Waals surface area contributed by atoms with Crippen LogP contribution in [-0.2, 0) is 6.54 Å². The first kappa shape index (κ1) is 24.5. The second kappa shape index (κ2) is 11.2. The maximum absolute atomic E-state index is 13.2. The Hall–Kier alpha value is -3.65. The second-order valence-corrected chi connectivity index (χ2v) is 8.80. The lowest BCUT2D eigenvalue weighted by Gasteiger charge is -2.22. The zero-order chi connectivity index (χ0) is 24.8. The SMILES string of the molecule is CNCCC(Oc1ccc(CN2CCN(C)c3nc(OC)ncc3C2=O)cc1)c1cccc(C)c1. The molecule has 3 aromatic rings. The zero-order valence-electron chi connectivity index (χ0n) is 20.8. The first-order valence-electron chi connectivity index (χ1n) is 11.9. The largest absolute Gasteiger partial charge is 0.486 e. The highest BCUT2D eigenvalue weighted by atomic mass is 16.5. The topological polar surface area (TPSA) is 79.8 Å². The third-order valence-corrected chi connectivity index (χ3v) is 6.16. The molecule has 0 saturated carbocycles. The van der Waals surface area contributed by atoms with E-state index in [2.05, 4.69) is 46.5 Å². The van der Waals surface area contributed by atoms with Gasteiger partial charge in [0.1, 0.15) is 23.2 Å². The first-order valence-corrected chi connectivity index (χ1v) is 11.9. The molecule has 8 nitrogen and oxygen atoms in total. The average molecular weight is 476 g/mol. The molecule has 0 spiro atoms. The van der Waals surface area contributed by atoms with E-state index in [0.717, 1.165) is 24.3 Å². The van der Waals surface area contributed by atoms with Crippen molar-refractivity contribution in [3.63, 3.8) is 0 Å². The Morgan fingerprint density at radius 2 is 1.94 bits per heavy atom. The quantitative estimate of drug-likeness (QED) is 0.506. The third-order valence-electron chi connectivity index (χ3n) is 6.16. The van der Waals surface area contributed by atoms with E-state index in [4.69, 9.17) is 9.47 Å². The van der Waals surface area contributed by atoms with Crippen LogP contribution in [0.3, 0.4) is 0 Å². The highest BCUT2D eigenvalue weighted by Crippen LogP contribution is 2.27. The summed E-state index contributed by atoms with van der Waals surface area (Å²) in [5, 5.41) is 3.21. The standard InChI is InChI=1S/C27H33N5O3/c1-19-6-5-7-21(16-19)24(12-13-28-2)35-22-10-8-20(9-11-22)18-32-15-14-31(3)25-23(26(32)33)17-29-27(30-25)34-4/h5-11,16-17,24,28H,12-15,18H2,1-4H3. The van der Waals surface area contributed by atoms with E-state index in [1.807, 2.05) is 48.2 Å². The number of fused-ring (bicyclic) bond motifs is 1. The molecule has 1 unspecified atom stereocenters. The third kappa shape index (κ3) is 5.89. The van der Waals surface area contributed by atoms with E-state index in [1.54, 1.807) is 6.20 Å². The lowest BCUT2D eigenvalue weighted by atomic mass is 10.0. The van der Waals surface area contributed by atoms with Crippen LogP contribution in [0, 0.1) is 6.92 Å². The van der Waals surface area contributed by atoms with Crippen LogP contribution < -0.4 is 19.7 Å². The van der Waals surface area contributed by atoms with Gasteiger partial charge in [-0.2, -0.15) is 4.98 Å². The maximum atomic E-state index is 13.2. The van der Waals surface area contributed by atoms with Crippen LogP contribution in [0.4, 0.5) is 5.82 Å².